The van der Waals surface area contributed by atoms with Crippen LogP contribution in [-0.2, 0) is 4.79 Å². The van der Waals surface area contributed by atoms with Crippen molar-refractivity contribution in [1.82, 2.24) is 10.2 Å². The number of benzene rings is 2. The molecule has 0 aliphatic carbocycles. The van der Waals surface area contributed by atoms with Crippen molar-refractivity contribution in [3.05, 3.63) is 65.5 Å². The average Bonchev–Trinajstić information content (AvgIpc) is 2.61. The molecule has 2 rings (SSSR count). The van der Waals surface area contributed by atoms with Gasteiger partial charge in [0.25, 0.3) is 5.91 Å². The lowest BCUT2D eigenvalue weighted by Gasteiger charge is -2.25. The quantitative estimate of drug-likeness (QED) is 0.807. The molecule has 6 heteroatoms. The number of aliphatic hydroxyl groups excluding tert-OH is 1. The van der Waals surface area contributed by atoms with Crippen molar-refractivity contribution >= 4 is 5.91 Å². The largest absolute Gasteiger partial charge is 0.497 e. The summed E-state index contributed by atoms with van der Waals surface area (Å²) < 4.78 is 18.6. The number of rotatable bonds is 7. The van der Waals surface area contributed by atoms with Gasteiger partial charge in [0.05, 0.1) is 13.2 Å². The fraction of sp³-hybridized carbons (Fsp3) is 0.316. The van der Waals surface area contributed by atoms with Crippen LogP contribution in [0.25, 0.3) is 0 Å². The summed E-state index contributed by atoms with van der Waals surface area (Å²) in [6.07, 6.45) is -1.30. The monoisotopic (exact) mass is 346 g/mol. The van der Waals surface area contributed by atoms with E-state index in [-0.39, 0.29) is 18.4 Å². The summed E-state index contributed by atoms with van der Waals surface area (Å²) >= 11 is 0. The second-order valence-electron chi connectivity index (χ2n) is 5.96. The third kappa shape index (κ3) is 5.01. The van der Waals surface area contributed by atoms with Crippen molar-refractivity contribution in [2.75, 3.05) is 27.7 Å². The smallest absolute Gasteiger partial charge is 0.253 e. The van der Waals surface area contributed by atoms with Gasteiger partial charge in [-0.2, -0.15) is 0 Å². The first-order chi connectivity index (χ1) is 11.9. The lowest BCUT2D eigenvalue weighted by molar-refractivity contribution is -0.129. The molecule has 0 aliphatic heterocycles. The zero-order valence-electron chi connectivity index (χ0n) is 14.6. The molecule has 0 saturated carbocycles. The number of amides is 1. The van der Waals surface area contributed by atoms with Gasteiger partial charge in [0, 0.05) is 6.54 Å². The van der Waals surface area contributed by atoms with E-state index in [9.17, 15) is 14.3 Å². The van der Waals surface area contributed by atoms with E-state index in [0.29, 0.717) is 11.3 Å². The Morgan fingerprint density at radius 3 is 2.52 bits per heavy atom. The third-order valence-corrected chi connectivity index (χ3v) is 3.98. The van der Waals surface area contributed by atoms with Gasteiger partial charge in [0.1, 0.15) is 11.6 Å². The van der Waals surface area contributed by atoms with E-state index in [1.165, 1.54) is 19.2 Å². The van der Waals surface area contributed by atoms with Gasteiger partial charge in [-0.1, -0.05) is 24.3 Å². The van der Waals surface area contributed by atoms with Crippen molar-refractivity contribution in [3.8, 4) is 5.75 Å². The molecule has 1 amide bonds. The van der Waals surface area contributed by atoms with Gasteiger partial charge in [-0.05, 0) is 49.5 Å². The summed E-state index contributed by atoms with van der Waals surface area (Å²) in [6.45, 7) is 0.246. The molecule has 2 atom stereocenters. The highest BCUT2D eigenvalue weighted by Gasteiger charge is 2.21. The molecule has 0 fully saturated rings. The highest BCUT2D eigenvalue weighted by atomic mass is 19.1. The lowest BCUT2D eigenvalue weighted by atomic mass is 10.0. The first-order valence-electron chi connectivity index (χ1n) is 7.94. The Bertz CT molecular complexity index is 721. The molecule has 5 nitrogen and oxygen atoms in total. The van der Waals surface area contributed by atoms with Crippen molar-refractivity contribution in [1.29, 1.82) is 0 Å². The van der Waals surface area contributed by atoms with Crippen LogP contribution in [0.5, 0.6) is 5.75 Å². The Morgan fingerprint density at radius 2 is 1.88 bits per heavy atom. The number of carbonyl (C=O) groups is 1. The number of aliphatic hydroxyl groups is 1. The summed E-state index contributed by atoms with van der Waals surface area (Å²) in [4.78, 5) is 14.2. The molecule has 2 N–H and O–H groups in total. The number of hydrogen-bond donors (Lipinski definition) is 2. The Labute approximate surface area is 147 Å². The molecule has 2 unspecified atom stereocenters. The minimum Gasteiger partial charge on any atom is -0.497 e. The predicted molar refractivity (Wildman–Crippen MR) is 93.8 cm³/mol. The number of likely N-dealkylation sites (N-methyl/N-ethyl adjacent to an activating group) is 1. The maximum atomic E-state index is 13.5. The predicted octanol–water partition coefficient (Wildman–Crippen LogP) is 2.29. The standard InChI is InChI=1S/C19H23FN2O3/c1-22(2)17(13-6-4-8-15(20)10-13)12-21-19(24)18(23)14-7-5-9-16(11-14)25-3/h4-11,17-18,23H,12H2,1-3H3,(H,21,24). The number of carbonyl (C=O) groups excluding carboxylic acids is 1. The normalized spacial score (nSPS) is 13.4. The molecule has 0 aliphatic rings. The van der Waals surface area contributed by atoms with E-state index in [2.05, 4.69) is 5.32 Å². The number of nitrogens with one attached hydrogen (secondary N) is 1. The summed E-state index contributed by atoms with van der Waals surface area (Å²) in [6, 6.07) is 12.8. The molecule has 0 aromatic heterocycles. The molecule has 0 spiro atoms. The summed E-state index contributed by atoms with van der Waals surface area (Å²) in [5.74, 6) is -0.279. The van der Waals surface area contributed by atoms with Gasteiger partial charge >= 0.3 is 0 Å². The molecule has 25 heavy (non-hydrogen) atoms. The van der Waals surface area contributed by atoms with Crippen LogP contribution in [0.4, 0.5) is 4.39 Å². The molecule has 0 saturated heterocycles. The first-order valence-corrected chi connectivity index (χ1v) is 7.94. The van der Waals surface area contributed by atoms with Crippen LogP contribution >= 0.6 is 0 Å². The summed E-state index contributed by atoms with van der Waals surface area (Å²) in [5, 5.41) is 13.0. The highest BCUT2D eigenvalue weighted by Crippen LogP contribution is 2.21. The topological polar surface area (TPSA) is 61.8 Å². The van der Waals surface area contributed by atoms with E-state index in [1.54, 1.807) is 36.4 Å². The molecule has 0 heterocycles. The second kappa shape index (κ2) is 8.60. The van der Waals surface area contributed by atoms with E-state index in [0.717, 1.165) is 5.56 Å². The van der Waals surface area contributed by atoms with Crippen molar-refractivity contribution in [2.24, 2.45) is 0 Å². The van der Waals surface area contributed by atoms with Crippen molar-refractivity contribution in [2.45, 2.75) is 12.1 Å². The van der Waals surface area contributed by atoms with Crippen LogP contribution in [0.3, 0.4) is 0 Å². The second-order valence-corrected chi connectivity index (χ2v) is 5.96. The minimum absolute atomic E-state index is 0.211. The molecule has 134 valence electrons. The van der Waals surface area contributed by atoms with Crippen LogP contribution in [0.1, 0.15) is 23.3 Å². The molecule has 2 aromatic carbocycles. The Kier molecular flexibility index (Phi) is 6.50. The Balaban J connectivity index is 2.05. The van der Waals surface area contributed by atoms with Gasteiger partial charge in [-0.15, -0.1) is 0 Å². The van der Waals surface area contributed by atoms with Crippen LogP contribution < -0.4 is 10.1 Å². The molecular formula is C19H23FN2O3. The van der Waals surface area contributed by atoms with Gasteiger partial charge < -0.3 is 20.1 Å². The third-order valence-electron chi connectivity index (χ3n) is 3.98. The molecule has 0 bridgehead atoms. The molecule has 0 radical (unpaired) electrons. The fourth-order valence-corrected chi connectivity index (χ4v) is 2.57. The summed E-state index contributed by atoms with van der Waals surface area (Å²) in [7, 11) is 5.21. The number of halogens is 1. The number of nitrogens with zero attached hydrogens (tertiary/aromatic N) is 1. The van der Waals surface area contributed by atoms with Crippen LogP contribution in [0.15, 0.2) is 48.5 Å². The number of ether oxygens (including phenoxy) is 1. The Morgan fingerprint density at radius 1 is 1.20 bits per heavy atom. The van der Waals surface area contributed by atoms with Gasteiger partial charge in [-0.3, -0.25) is 4.79 Å². The SMILES string of the molecule is COc1cccc(C(O)C(=O)NCC(c2cccc(F)c2)N(C)C)c1. The Hall–Kier alpha value is -2.44. The van der Waals surface area contributed by atoms with E-state index in [4.69, 9.17) is 4.74 Å². The molecule has 2 aromatic rings. The van der Waals surface area contributed by atoms with E-state index < -0.39 is 12.0 Å². The zero-order valence-corrected chi connectivity index (χ0v) is 14.6. The summed E-state index contributed by atoms with van der Waals surface area (Å²) in [5.41, 5.74) is 1.20. The fourth-order valence-electron chi connectivity index (χ4n) is 2.57. The van der Waals surface area contributed by atoms with Crippen LogP contribution in [-0.4, -0.2) is 43.7 Å². The number of hydrogen-bond acceptors (Lipinski definition) is 4. The van der Waals surface area contributed by atoms with Crippen LogP contribution in [0, 0.1) is 5.82 Å². The van der Waals surface area contributed by atoms with E-state index in [1.807, 2.05) is 19.0 Å². The first kappa shape index (κ1) is 18.9. The van der Waals surface area contributed by atoms with Gasteiger partial charge in [0.15, 0.2) is 6.10 Å². The van der Waals surface area contributed by atoms with Crippen molar-refractivity contribution < 1.29 is 19.0 Å². The number of methoxy groups -OCH3 is 1. The maximum Gasteiger partial charge on any atom is 0.253 e. The van der Waals surface area contributed by atoms with Crippen molar-refractivity contribution in [3.63, 3.8) is 0 Å². The average molecular weight is 346 g/mol. The van der Waals surface area contributed by atoms with E-state index >= 15 is 0 Å². The maximum absolute atomic E-state index is 13.5. The van der Waals surface area contributed by atoms with Gasteiger partial charge in [-0.25, -0.2) is 4.39 Å². The lowest BCUT2D eigenvalue weighted by Crippen LogP contribution is -2.37. The zero-order chi connectivity index (χ0) is 18.4. The van der Waals surface area contributed by atoms with Gasteiger partial charge in [0.2, 0.25) is 0 Å². The molecular weight excluding hydrogens is 323 g/mol. The highest BCUT2D eigenvalue weighted by molar-refractivity contribution is 5.82. The van der Waals surface area contributed by atoms with Crippen LogP contribution in [0.2, 0.25) is 0 Å². The minimum atomic E-state index is -1.30.